The van der Waals surface area contributed by atoms with Crippen LogP contribution in [0.1, 0.15) is 66.2 Å². The first-order valence-corrected chi connectivity index (χ1v) is 18.4. The summed E-state index contributed by atoms with van der Waals surface area (Å²) in [6.45, 7) is 15.8. The zero-order valence-electron chi connectivity index (χ0n) is 20.6. The standard InChI is InChI=1S/C28H44S2Si/c1-15-7-8-19-9-10-20-22(21(19)11-15)12-16(2)27(20)31(5,6)28-25-23(13-17(3)29-25)24-14-18(4)30-26(24)28/h13-16,19-28H,7-12H2,1-6H3/t15?,16?,19?,20-,21?,22+,23?,24?,25?,26?,27-,28?/m1/s1. The molecule has 11 atom stereocenters. The van der Waals surface area contributed by atoms with Gasteiger partial charge in [-0.05, 0) is 114 Å². The van der Waals surface area contributed by atoms with Crippen molar-refractivity contribution < 1.29 is 0 Å². The van der Waals surface area contributed by atoms with Crippen molar-refractivity contribution in [1.29, 1.82) is 0 Å². The molecule has 2 heterocycles. The predicted octanol–water partition coefficient (Wildman–Crippen LogP) is 8.84. The third-order valence-electron chi connectivity index (χ3n) is 11.1. The van der Waals surface area contributed by atoms with Gasteiger partial charge in [-0.15, -0.1) is 23.5 Å². The van der Waals surface area contributed by atoms with Gasteiger partial charge in [0.25, 0.3) is 0 Å². The maximum Gasteiger partial charge on any atom is 0.0566 e. The number of hydrogen-bond acceptors (Lipinski definition) is 2. The van der Waals surface area contributed by atoms with Gasteiger partial charge in [0.05, 0.1) is 8.07 Å². The van der Waals surface area contributed by atoms with E-state index in [-0.39, 0.29) is 0 Å². The van der Waals surface area contributed by atoms with E-state index >= 15 is 0 Å². The smallest absolute Gasteiger partial charge is 0.0566 e. The SMILES string of the molecule is CC1=CC2C3C=C(C)SC3C([Si](C)(C)[C@@H]3C(C)C[C@@H]4C5CC(C)CCC5CC[C@H]43)C2S1. The van der Waals surface area contributed by atoms with Crippen LogP contribution in [0.3, 0.4) is 0 Å². The van der Waals surface area contributed by atoms with Crippen LogP contribution in [-0.4, -0.2) is 18.6 Å². The lowest BCUT2D eigenvalue weighted by molar-refractivity contribution is 0.0517. The number of allylic oxidation sites excluding steroid dienone is 4. The van der Waals surface area contributed by atoms with Crippen LogP contribution in [-0.2, 0) is 0 Å². The second-order valence-corrected chi connectivity index (χ2v) is 21.0. The summed E-state index contributed by atoms with van der Waals surface area (Å²) < 4.78 is 0. The van der Waals surface area contributed by atoms with Crippen LogP contribution in [0.25, 0.3) is 0 Å². The van der Waals surface area contributed by atoms with E-state index in [4.69, 9.17) is 0 Å². The molecule has 0 aromatic carbocycles. The number of hydrogen-bond donors (Lipinski definition) is 0. The minimum absolute atomic E-state index is 0.833. The minimum atomic E-state index is -1.42. The van der Waals surface area contributed by atoms with Gasteiger partial charge in [0.1, 0.15) is 0 Å². The van der Waals surface area contributed by atoms with Gasteiger partial charge in [-0.25, -0.2) is 0 Å². The van der Waals surface area contributed by atoms with E-state index in [1.807, 2.05) is 0 Å². The molecule has 172 valence electrons. The largest absolute Gasteiger partial charge is 0.127 e. The first kappa shape index (κ1) is 21.9. The highest BCUT2D eigenvalue weighted by Gasteiger charge is 2.63. The van der Waals surface area contributed by atoms with Crippen LogP contribution in [0.4, 0.5) is 0 Å². The molecule has 0 saturated heterocycles. The van der Waals surface area contributed by atoms with E-state index in [1.165, 1.54) is 6.42 Å². The lowest BCUT2D eigenvalue weighted by Crippen LogP contribution is -2.48. The summed E-state index contributed by atoms with van der Waals surface area (Å²) in [6.07, 6.45) is 14.7. The number of thioether (sulfide) groups is 2. The third kappa shape index (κ3) is 3.28. The summed E-state index contributed by atoms with van der Waals surface area (Å²) >= 11 is 4.58. The van der Waals surface area contributed by atoms with E-state index in [2.05, 4.69) is 76.5 Å². The molecule has 4 aliphatic carbocycles. The summed E-state index contributed by atoms with van der Waals surface area (Å²) in [4.78, 5) is 3.25. The van der Waals surface area contributed by atoms with Gasteiger partial charge in [-0.2, -0.15) is 0 Å². The van der Waals surface area contributed by atoms with Crippen molar-refractivity contribution in [1.82, 2.24) is 0 Å². The zero-order valence-corrected chi connectivity index (χ0v) is 23.3. The van der Waals surface area contributed by atoms with Gasteiger partial charge in [0.2, 0.25) is 0 Å². The van der Waals surface area contributed by atoms with Crippen molar-refractivity contribution >= 4 is 31.6 Å². The topological polar surface area (TPSA) is 0 Å². The zero-order chi connectivity index (χ0) is 21.7. The molecule has 0 radical (unpaired) electrons. The average Bonchev–Trinajstić information content (AvgIpc) is 3.40. The first-order chi connectivity index (χ1) is 14.8. The molecule has 0 aromatic heterocycles. The minimum Gasteiger partial charge on any atom is -0.127 e. The van der Waals surface area contributed by atoms with Gasteiger partial charge < -0.3 is 0 Å². The molecule has 0 amide bonds. The van der Waals surface area contributed by atoms with Crippen molar-refractivity contribution in [2.24, 2.45) is 47.3 Å². The van der Waals surface area contributed by atoms with E-state index < -0.39 is 8.07 Å². The van der Waals surface area contributed by atoms with E-state index in [0.29, 0.717) is 0 Å². The second kappa shape index (κ2) is 7.70. The summed E-state index contributed by atoms with van der Waals surface area (Å²) in [7, 11) is -1.42. The lowest BCUT2D eigenvalue weighted by Gasteiger charge is -2.50. The van der Waals surface area contributed by atoms with E-state index in [1.54, 1.807) is 41.9 Å². The molecule has 6 aliphatic rings. The Morgan fingerprint density at radius 2 is 1.35 bits per heavy atom. The molecule has 4 saturated carbocycles. The Kier molecular flexibility index (Phi) is 5.44. The normalized spacial score (nSPS) is 53.5. The molecule has 0 nitrogen and oxygen atoms in total. The van der Waals surface area contributed by atoms with Gasteiger partial charge >= 0.3 is 0 Å². The molecule has 31 heavy (non-hydrogen) atoms. The molecule has 3 heteroatoms. The molecule has 6 rings (SSSR count). The fraction of sp³-hybridized carbons (Fsp3) is 0.857. The highest BCUT2D eigenvalue weighted by atomic mass is 32.2. The highest BCUT2D eigenvalue weighted by molar-refractivity contribution is 8.05. The Morgan fingerprint density at radius 1 is 0.742 bits per heavy atom. The Hall–Kier alpha value is 0.397. The monoisotopic (exact) mass is 472 g/mol. The molecule has 0 spiro atoms. The van der Waals surface area contributed by atoms with Crippen LogP contribution in [0.2, 0.25) is 24.2 Å². The lowest BCUT2D eigenvalue weighted by atomic mass is 9.60. The molecule has 0 N–H and O–H groups in total. The van der Waals surface area contributed by atoms with Gasteiger partial charge in [-0.3, -0.25) is 0 Å². The maximum absolute atomic E-state index is 2.87. The van der Waals surface area contributed by atoms with Crippen molar-refractivity contribution in [3.05, 3.63) is 22.0 Å². The fourth-order valence-electron chi connectivity index (χ4n) is 10.3. The van der Waals surface area contributed by atoms with Crippen molar-refractivity contribution in [3.63, 3.8) is 0 Å². The Labute approximate surface area is 201 Å². The van der Waals surface area contributed by atoms with E-state index in [9.17, 15) is 0 Å². The van der Waals surface area contributed by atoms with E-state index in [0.717, 1.165) is 68.9 Å². The van der Waals surface area contributed by atoms with Crippen molar-refractivity contribution in [2.75, 3.05) is 0 Å². The molecule has 4 fully saturated rings. The molecular formula is C28H44S2Si. The van der Waals surface area contributed by atoms with Crippen molar-refractivity contribution in [3.8, 4) is 0 Å². The van der Waals surface area contributed by atoms with Crippen LogP contribution in [0.15, 0.2) is 22.0 Å². The summed E-state index contributed by atoms with van der Waals surface area (Å²) in [5.74, 6) is 7.95. The van der Waals surface area contributed by atoms with Crippen LogP contribution >= 0.6 is 23.5 Å². The Bertz CT molecular complexity index is 767. The van der Waals surface area contributed by atoms with Crippen LogP contribution in [0, 0.1) is 47.3 Å². The van der Waals surface area contributed by atoms with Crippen LogP contribution in [0.5, 0.6) is 0 Å². The molecule has 2 aliphatic heterocycles. The Morgan fingerprint density at radius 3 is 2.00 bits per heavy atom. The van der Waals surface area contributed by atoms with Gasteiger partial charge in [0.15, 0.2) is 0 Å². The third-order valence-corrected chi connectivity index (χ3v) is 19.5. The predicted molar refractivity (Wildman–Crippen MR) is 142 cm³/mol. The Balaban J connectivity index is 1.31. The average molecular weight is 473 g/mol. The van der Waals surface area contributed by atoms with Crippen molar-refractivity contribution in [2.45, 2.75) is 101 Å². The molecule has 0 bridgehead atoms. The molecule has 0 aromatic rings. The highest BCUT2D eigenvalue weighted by Crippen LogP contribution is 2.69. The quantitative estimate of drug-likeness (QED) is 0.368. The van der Waals surface area contributed by atoms with Gasteiger partial charge in [-0.1, -0.05) is 45.5 Å². The molecular weight excluding hydrogens is 429 g/mol. The summed E-state index contributed by atoms with van der Waals surface area (Å²) in [6, 6.07) is 0. The maximum atomic E-state index is 2.87. The summed E-state index contributed by atoms with van der Waals surface area (Å²) in [5, 5.41) is 1.79. The fourth-order valence-corrected chi connectivity index (χ4v) is 21.4. The number of fused-ring (bicyclic) bond motifs is 6. The summed E-state index contributed by atoms with van der Waals surface area (Å²) in [5.41, 5.74) is 2.07. The second-order valence-electron chi connectivity index (χ2n) is 13.2. The van der Waals surface area contributed by atoms with Gasteiger partial charge in [0, 0.05) is 10.5 Å². The first-order valence-electron chi connectivity index (χ1n) is 13.5. The number of rotatable bonds is 2. The van der Waals surface area contributed by atoms with Crippen LogP contribution < -0.4 is 0 Å². The molecule has 8 unspecified atom stereocenters.